The minimum absolute atomic E-state index is 0.0585. The van der Waals surface area contributed by atoms with Gasteiger partial charge in [-0.25, -0.2) is 4.39 Å². The molecule has 1 saturated heterocycles. The summed E-state index contributed by atoms with van der Waals surface area (Å²) in [4.78, 5) is 25.7. The van der Waals surface area contributed by atoms with Gasteiger partial charge in [0, 0.05) is 10.7 Å². The predicted octanol–water partition coefficient (Wildman–Crippen LogP) is 3.22. The zero-order chi connectivity index (χ0) is 16.4. The number of likely N-dealkylation sites (tertiary alicyclic amines) is 1. The van der Waals surface area contributed by atoms with Crippen LogP contribution in [0.2, 0.25) is 5.02 Å². The van der Waals surface area contributed by atoms with Gasteiger partial charge in [-0.15, -0.1) is 0 Å². The highest BCUT2D eigenvalue weighted by Crippen LogP contribution is 2.21. The molecule has 0 aliphatic carbocycles. The van der Waals surface area contributed by atoms with Crippen LogP contribution in [0.25, 0.3) is 0 Å². The van der Waals surface area contributed by atoms with Crippen molar-refractivity contribution in [1.29, 1.82) is 0 Å². The molecule has 2 amide bonds. The third kappa shape index (κ3) is 3.51. The number of hydrogen-bond donors (Lipinski definition) is 1. The fourth-order valence-electron chi connectivity index (χ4n) is 2.51. The van der Waals surface area contributed by atoms with Crippen LogP contribution in [-0.2, 0) is 16.1 Å². The Morgan fingerprint density at radius 3 is 2.61 bits per heavy atom. The Hall–Kier alpha value is -2.40. The first-order chi connectivity index (χ1) is 11.0. The van der Waals surface area contributed by atoms with E-state index in [1.165, 1.54) is 17.0 Å². The van der Waals surface area contributed by atoms with Crippen LogP contribution in [0.1, 0.15) is 12.0 Å². The van der Waals surface area contributed by atoms with Gasteiger partial charge in [-0.2, -0.15) is 0 Å². The standard InChI is InChI=1S/C17H14ClFN2O2/c18-12-6-4-11(5-7-12)10-21-16(22)9-15(17(21)23)20-14-3-1-2-13(19)8-14/h1-8,15,20H,9-10H2/t15-/m1/s1. The number of rotatable bonds is 4. The number of amides is 2. The van der Waals surface area contributed by atoms with Crippen molar-refractivity contribution < 1.29 is 14.0 Å². The Morgan fingerprint density at radius 1 is 1.17 bits per heavy atom. The monoisotopic (exact) mass is 332 g/mol. The molecule has 118 valence electrons. The first-order valence-corrected chi connectivity index (χ1v) is 7.51. The van der Waals surface area contributed by atoms with Gasteiger partial charge in [0.1, 0.15) is 11.9 Å². The molecule has 2 aromatic rings. The molecule has 1 atom stereocenters. The van der Waals surface area contributed by atoms with Crippen LogP contribution in [0.4, 0.5) is 10.1 Å². The molecule has 0 unspecified atom stereocenters. The van der Waals surface area contributed by atoms with E-state index in [1.807, 2.05) is 0 Å². The smallest absolute Gasteiger partial charge is 0.252 e. The van der Waals surface area contributed by atoms with Gasteiger partial charge in [-0.05, 0) is 35.9 Å². The maximum absolute atomic E-state index is 13.2. The topological polar surface area (TPSA) is 49.4 Å². The first-order valence-electron chi connectivity index (χ1n) is 7.14. The number of carbonyl (C=O) groups is 2. The summed E-state index contributed by atoms with van der Waals surface area (Å²) >= 11 is 5.82. The molecule has 0 saturated carbocycles. The van der Waals surface area contributed by atoms with Gasteiger partial charge in [-0.3, -0.25) is 14.5 Å². The minimum Gasteiger partial charge on any atom is -0.373 e. The average molecular weight is 333 g/mol. The zero-order valence-electron chi connectivity index (χ0n) is 12.1. The first kappa shape index (κ1) is 15.5. The zero-order valence-corrected chi connectivity index (χ0v) is 12.9. The van der Waals surface area contributed by atoms with Gasteiger partial charge in [0.2, 0.25) is 5.91 Å². The van der Waals surface area contributed by atoms with Crippen molar-refractivity contribution in [3.63, 3.8) is 0 Å². The van der Waals surface area contributed by atoms with Gasteiger partial charge in [0.25, 0.3) is 5.91 Å². The van der Waals surface area contributed by atoms with Crippen molar-refractivity contribution in [2.45, 2.75) is 19.0 Å². The van der Waals surface area contributed by atoms with Gasteiger partial charge in [0.05, 0.1) is 13.0 Å². The average Bonchev–Trinajstić information content (AvgIpc) is 2.77. The van der Waals surface area contributed by atoms with Crippen molar-refractivity contribution in [1.82, 2.24) is 4.90 Å². The maximum atomic E-state index is 13.2. The Bertz CT molecular complexity index is 749. The molecule has 2 aromatic carbocycles. The molecule has 1 aliphatic heterocycles. The van der Waals surface area contributed by atoms with E-state index >= 15 is 0 Å². The molecule has 0 radical (unpaired) electrons. The van der Waals surface area contributed by atoms with Crippen LogP contribution >= 0.6 is 11.6 Å². The number of hydrogen-bond acceptors (Lipinski definition) is 3. The highest BCUT2D eigenvalue weighted by atomic mass is 35.5. The molecule has 4 nitrogen and oxygen atoms in total. The molecule has 1 fully saturated rings. The lowest BCUT2D eigenvalue weighted by Crippen LogP contribution is -2.34. The van der Waals surface area contributed by atoms with E-state index in [2.05, 4.69) is 5.32 Å². The Labute approximate surface area is 137 Å². The number of carbonyl (C=O) groups excluding carboxylic acids is 2. The summed E-state index contributed by atoms with van der Waals surface area (Å²) in [5.74, 6) is -0.960. The van der Waals surface area contributed by atoms with Crippen molar-refractivity contribution in [2.75, 3.05) is 5.32 Å². The van der Waals surface area contributed by atoms with Gasteiger partial charge >= 0.3 is 0 Å². The lowest BCUT2D eigenvalue weighted by molar-refractivity contribution is -0.139. The van der Waals surface area contributed by atoms with Gasteiger partial charge < -0.3 is 5.32 Å². The summed E-state index contributed by atoms with van der Waals surface area (Å²) in [6, 6.07) is 12.1. The van der Waals surface area contributed by atoms with Crippen LogP contribution in [0.3, 0.4) is 0 Å². The number of benzene rings is 2. The maximum Gasteiger partial charge on any atom is 0.252 e. The van der Waals surface area contributed by atoms with Crippen molar-refractivity contribution in [3.8, 4) is 0 Å². The molecule has 6 heteroatoms. The van der Waals surface area contributed by atoms with Gasteiger partial charge in [0.15, 0.2) is 0 Å². The minimum atomic E-state index is -0.670. The summed E-state index contributed by atoms with van der Waals surface area (Å²) in [6.45, 7) is 0.205. The van der Waals surface area contributed by atoms with E-state index in [0.29, 0.717) is 10.7 Å². The van der Waals surface area contributed by atoms with Crippen LogP contribution in [0.15, 0.2) is 48.5 Å². The molecule has 3 rings (SSSR count). The molecule has 1 aliphatic rings. The van der Waals surface area contributed by atoms with Crippen LogP contribution < -0.4 is 5.32 Å². The fourth-order valence-corrected chi connectivity index (χ4v) is 2.64. The van der Waals surface area contributed by atoms with Crippen LogP contribution in [0.5, 0.6) is 0 Å². The fraction of sp³-hybridized carbons (Fsp3) is 0.176. The molecule has 0 aromatic heterocycles. The Morgan fingerprint density at radius 2 is 1.91 bits per heavy atom. The van der Waals surface area contributed by atoms with E-state index in [1.54, 1.807) is 36.4 Å². The van der Waals surface area contributed by atoms with E-state index in [-0.39, 0.29) is 24.8 Å². The summed E-state index contributed by atoms with van der Waals surface area (Å²) in [5, 5.41) is 3.51. The summed E-state index contributed by atoms with van der Waals surface area (Å²) < 4.78 is 13.2. The molecular weight excluding hydrogens is 319 g/mol. The molecule has 23 heavy (non-hydrogen) atoms. The van der Waals surface area contributed by atoms with E-state index < -0.39 is 11.9 Å². The molecule has 1 heterocycles. The number of halogens is 2. The summed E-state index contributed by atoms with van der Waals surface area (Å²) in [7, 11) is 0. The van der Waals surface area contributed by atoms with Crippen LogP contribution in [0, 0.1) is 5.82 Å². The molecule has 1 N–H and O–H groups in total. The largest absolute Gasteiger partial charge is 0.373 e. The van der Waals surface area contributed by atoms with E-state index in [0.717, 1.165) is 5.56 Å². The third-order valence-electron chi connectivity index (χ3n) is 3.66. The predicted molar refractivity (Wildman–Crippen MR) is 85.4 cm³/mol. The Balaban J connectivity index is 1.71. The second-order valence-corrected chi connectivity index (χ2v) is 5.79. The van der Waals surface area contributed by atoms with Crippen molar-refractivity contribution >= 4 is 29.1 Å². The van der Waals surface area contributed by atoms with E-state index in [9.17, 15) is 14.0 Å². The van der Waals surface area contributed by atoms with Crippen molar-refractivity contribution in [2.24, 2.45) is 0 Å². The number of nitrogens with zero attached hydrogens (tertiary/aromatic N) is 1. The number of imide groups is 1. The van der Waals surface area contributed by atoms with E-state index in [4.69, 9.17) is 11.6 Å². The number of anilines is 1. The SMILES string of the molecule is O=C1C[C@@H](Nc2cccc(F)c2)C(=O)N1Cc1ccc(Cl)cc1. The lowest BCUT2D eigenvalue weighted by atomic mass is 10.2. The lowest BCUT2D eigenvalue weighted by Gasteiger charge is -2.16. The van der Waals surface area contributed by atoms with Crippen molar-refractivity contribution in [3.05, 3.63) is 64.9 Å². The Kier molecular flexibility index (Phi) is 4.30. The highest BCUT2D eigenvalue weighted by Gasteiger charge is 2.38. The second kappa shape index (κ2) is 6.38. The van der Waals surface area contributed by atoms with Crippen LogP contribution in [-0.4, -0.2) is 22.8 Å². The molecular formula is C17H14ClFN2O2. The van der Waals surface area contributed by atoms with Gasteiger partial charge in [-0.1, -0.05) is 29.8 Å². The molecule has 0 bridgehead atoms. The summed E-state index contributed by atoms with van der Waals surface area (Å²) in [6.07, 6.45) is 0.0585. The normalized spacial score (nSPS) is 17.7. The third-order valence-corrected chi connectivity index (χ3v) is 3.92. The number of nitrogens with one attached hydrogen (secondary N) is 1. The molecule has 0 spiro atoms. The highest BCUT2D eigenvalue weighted by molar-refractivity contribution is 6.30. The quantitative estimate of drug-likeness (QED) is 0.875. The second-order valence-electron chi connectivity index (χ2n) is 5.36. The summed E-state index contributed by atoms with van der Waals surface area (Å²) in [5.41, 5.74) is 1.30.